The molecule has 0 amide bonds. The largest absolute Gasteiger partial charge is 0.425 e. The fourth-order valence-electron chi connectivity index (χ4n) is 1.49. The predicted molar refractivity (Wildman–Crippen MR) is 149 cm³/mol. The highest BCUT2D eigenvalue weighted by Crippen LogP contribution is 1.87. The Morgan fingerprint density at radius 3 is 0.645 bits per heavy atom. The minimum atomic E-state index is -1.66. The highest BCUT2D eigenvalue weighted by Gasteiger charge is 2.06. The van der Waals surface area contributed by atoms with Crippen molar-refractivity contribution in [3.63, 3.8) is 0 Å². The summed E-state index contributed by atoms with van der Waals surface area (Å²) in [5, 5.41) is 0. The molecule has 186 valence electrons. The lowest BCUT2D eigenvalue weighted by Gasteiger charge is -2.14. The molecule has 1 heterocycles. The summed E-state index contributed by atoms with van der Waals surface area (Å²) in [6, 6.07) is 0. The smallest absolute Gasteiger partial charge is 0.299 e. The predicted octanol–water partition coefficient (Wildman–Crippen LogP) is -13.9. The zero-order valence-electron chi connectivity index (χ0n) is 17.6. The lowest BCUT2D eigenvalue weighted by atomic mass is 11.9. The van der Waals surface area contributed by atoms with Crippen LogP contribution in [0.2, 0.25) is 6.55 Å². The van der Waals surface area contributed by atoms with E-state index in [0.29, 0.717) is 0 Å². The SMILES string of the molecule is C[SiH]1O[SiH2]O[SiH2]O[SiH2]O[SiH2]O[SiH2]O[SiH2]O[SiH2]O[SiH2]O[SiH2]O[SiH2]O[SiH2]O[SiH2]O[SiH2]O[SiH2]O1. The Morgan fingerprint density at radius 2 is 0.452 bits per heavy atom. The summed E-state index contributed by atoms with van der Waals surface area (Å²) >= 11 is 0. The maximum absolute atomic E-state index is 5.65. The highest BCUT2D eigenvalue weighted by molar-refractivity contribution is 6.58. The van der Waals surface area contributed by atoms with Gasteiger partial charge < -0.3 is 61.7 Å². The third-order valence-corrected chi connectivity index (χ3v) is 24.9. The first kappa shape index (κ1) is 31.7. The lowest BCUT2D eigenvalue weighted by molar-refractivity contribution is 0.346. The lowest BCUT2D eigenvalue weighted by Crippen LogP contribution is -2.28. The minimum Gasteiger partial charge on any atom is -0.425 e. The molecule has 1 fully saturated rings. The Balaban J connectivity index is 2.06. The summed E-state index contributed by atoms with van der Waals surface area (Å²) in [5.41, 5.74) is 0. The van der Waals surface area contributed by atoms with Gasteiger partial charge in [-0.1, -0.05) is 0 Å². The van der Waals surface area contributed by atoms with Gasteiger partial charge in [0.15, 0.2) is 0 Å². The molecular formula is CH32O15Si15. The van der Waals surface area contributed by atoms with Gasteiger partial charge in [0, 0.05) is 0 Å². The summed E-state index contributed by atoms with van der Waals surface area (Å²) in [5.74, 6) is 0. The van der Waals surface area contributed by atoms with Gasteiger partial charge in [-0.2, -0.15) is 0 Å². The summed E-state index contributed by atoms with van der Waals surface area (Å²) in [7, 11) is -15.8. The fourth-order valence-corrected chi connectivity index (χ4v) is 28.7. The molecule has 1 aliphatic rings. The van der Waals surface area contributed by atoms with Crippen LogP contribution in [0, 0.1) is 0 Å². The third-order valence-electron chi connectivity index (χ3n) is 2.77. The first-order chi connectivity index (χ1) is 15.4. The Morgan fingerprint density at radius 1 is 0.290 bits per heavy atom. The summed E-state index contributed by atoms with van der Waals surface area (Å²) in [6.45, 7) is 1.97. The van der Waals surface area contributed by atoms with Crippen LogP contribution in [0.1, 0.15) is 0 Å². The molecule has 0 atom stereocenters. The molecule has 31 heavy (non-hydrogen) atoms. The van der Waals surface area contributed by atoms with Crippen LogP contribution >= 0.6 is 0 Å². The second-order valence-electron chi connectivity index (χ2n) is 5.20. The van der Waals surface area contributed by atoms with Crippen molar-refractivity contribution in [1.29, 1.82) is 0 Å². The zero-order chi connectivity index (χ0) is 22.1. The topological polar surface area (TPSA) is 138 Å². The summed E-state index contributed by atoms with van der Waals surface area (Å²) < 4.78 is 82.4. The first-order valence-corrected chi connectivity index (χ1v) is 27.4. The van der Waals surface area contributed by atoms with E-state index in [4.69, 9.17) is 61.7 Å². The van der Waals surface area contributed by atoms with Crippen LogP contribution in [-0.2, 0) is 61.7 Å². The van der Waals surface area contributed by atoms with Gasteiger partial charge in [0.2, 0.25) is 0 Å². The van der Waals surface area contributed by atoms with Crippen LogP contribution in [0.5, 0.6) is 0 Å². The van der Waals surface area contributed by atoms with Crippen molar-refractivity contribution < 1.29 is 61.7 Å². The molecule has 0 bridgehead atoms. The molecule has 1 saturated heterocycles. The van der Waals surface area contributed by atoms with Crippen molar-refractivity contribution in [2.45, 2.75) is 6.55 Å². The normalized spacial score (nSPS) is 36.9. The summed E-state index contributed by atoms with van der Waals surface area (Å²) in [4.78, 5) is 0. The third kappa shape index (κ3) is 25.6. The van der Waals surface area contributed by atoms with E-state index in [1.165, 1.54) is 0 Å². The number of hydrogen-bond donors (Lipinski definition) is 0. The van der Waals surface area contributed by atoms with Crippen LogP contribution in [0.15, 0.2) is 0 Å². The molecule has 0 saturated carbocycles. The molecule has 0 N–H and O–H groups in total. The van der Waals surface area contributed by atoms with Crippen molar-refractivity contribution in [3.8, 4) is 0 Å². The van der Waals surface area contributed by atoms with Gasteiger partial charge in [0.1, 0.15) is 0 Å². The van der Waals surface area contributed by atoms with E-state index in [1.54, 1.807) is 0 Å². The molecular weight excluding hydrogens is 673 g/mol. The van der Waals surface area contributed by atoms with E-state index < -0.39 is 149 Å². The van der Waals surface area contributed by atoms with Gasteiger partial charge >= 0.3 is 0 Å². The quantitative estimate of drug-likeness (QED) is 0.221. The Kier molecular flexibility index (Phi) is 27.8. The second kappa shape index (κ2) is 27.2. The van der Waals surface area contributed by atoms with E-state index in [2.05, 4.69) is 0 Å². The van der Waals surface area contributed by atoms with Gasteiger partial charge in [0.25, 0.3) is 149 Å². The number of hydrogen-bond acceptors (Lipinski definition) is 15. The molecule has 0 radical (unpaired) electrons. The Labute approximate surface area is 216 Å². The fraction of sp³-hybridized carbons (Fsp3) is 1.00. The molecule has 15 nitrogen and oxygen atoms in total. The van der Waals surface area contributed by atoms with Crippen molar-refractivity contribution in [2.24, 2.45) is 0 Å². The van der Waals surface area contributed by atoms with Crippen molar-refractivity contribution >= 4 is 149 Å². The standard InChI is InChI=1S/CH32O15Si15/c1-31-15-29-13-27-11-25-9-23-7-21-5-19-3-17-2-18-4-20-6-22-8-24-10-26-12-28-14-30-16-31/h31H,17-30H2,1H3. The van der Waals surface area contributed by atoms with E-state index in [-0.39, 0.29) is 0 Å². The van der Waals surface area contributed by atoms with Gasteiger partial charge in [-0.25, -0.2) is 0 Å². The Hall–Kier alpha value is 2.65. The molecule has 0 aliphatic carbocycles. The van der Waals surface area contributed by atoms with Crippen LogP contribution in [0.3, 0.4) is 0 Å². The average Bonchev–Trinajstić information content (AvgIpc) is 2.77. The number of rotatable bonds is 0. The van der Waals surface area contributed by atoms with E-state index in [0.717, 1.165) is 0 Å². The molecule has 0 aromatic carbocycles. The van der Waals surface area contributed by atoms with Gasteiger partial charge in [-0.05, 0) is 6.55 Å². The maximum Gasteiger partial charge on any atom is 0.299 e. The van der Waals surface area contributed by atoms with Crippen molar-refractivity contribution in [2.75, 3.05) is 0 Å². The molecule has 0 unspecified atom stereocenters. The molecule has 1 aliphatic heterocycles. The molecule has 0 aromatic rings. The molecule has 0 spiro atoms. The van der Waals surface area contributed by atoms with E-state index >= 15 is 0 Å². The average molecular weight is 706 g/mol. The van der Waals surface area contributed by atoms with Crippen LogP contribution in [0.25, 0.3) is 0 Å². The zero-order valence-corrected chi connectivity index (χ0v) is 38.6. The molecule has 30 heteroatoms. The van der Waals surface area contributed by atoms with Crippen LogP contribution in [0.4, 0.5) is 0 Å². The molecule has 1 rings (SSSR count). The van der Waals surface area contributed by atoms with Crippen molar-refractivity contribution in [1.82, 2.24) is 0 Å². The second-order valence-corrected chi connectivity index (χ2v) is 33.5. The molecule has 0 aromatic heterocycles. The maximum atomic E-state index is 5.65. The Bertz CT molecular complexity index is 326. The van der Waals surface area contributed by atoms with Crippen LogP contribution in [-0.4, -0.2) is 149 Å². The minimum absolute atomic E-state index is 1.00. The van der Waals surface area contributed by atoms with Gasteiger partial charge in [0.05, 0.1) is 0 Å². The van der Waals surface area contributed by atoms with Gasteiger partial charge in [-0.3, -0.25) is 0 Å². The van der Waals surface area contributed by atoms with Crippen molar-refractivity contribution in [3.05, 3.63) is 0 Å². The highest BCUT2D eigenvalue weighted by atomic mass is 28.4. The summed E-state index contributed by atoms with van der Waals surface area (Å²) in [6.07, 6.45) is 0. The van der Waals surface area contributed by atoms with Gasteiger partial charge in [-0.15, -0.1) is 0 Å². The monoisotopic (exact) mass is 704 g/mol. The van der Waals surface area contributed by atoms with Crippen LogP contribution < -0.4 is 0 Å². The van der Waals surface area contributed by atoms with E-state index in [9.17, 15) is 0 Å². The van der Waals surface area contributed by atoms with E-state index in [1.807, 2.05) is 6.55 Å². The first-order valence-electron chi connectivity index (χ1n) is 9.13.